The molecule has 0 atom stereocenters. The van der Waals surface area contributed by atoms with Gasteiger partial charge in [-0.25, -0.2) is 9.97 Å². The molecule has 0 unspecified atom stereocenters. The largest absolute Gasteiger partial charge is 0.264 e. The maximum absolute atomic E-state index is 5.97. The van der Waals surface area contributed by atoms with E-state index in [-0.39, 0.29) is 0 Å². The minimum absolute atomic E-state index is 0.373. The molecule has 0 fully saturated rings. The Morgan fingerprint density at radius 1 is 1.06 bits per heavy atom. The van der Waals surface area contributed by atoms with Gasteiger partial charge >= 0.3 is 0 Å². The summed E-state index contributed by atoms with van der Waals surface area (Å²) in [7, 11) is 0. The van der Waals surface area contributed by atoms with Gasteiger partial charge in [0.25, 0.3) is 0 Å². The van der Waals surface area contributed by atoms with Crippen LogP contribution in [0.25, 0.3) is 11.4 Å². The molecule has 5 heteroatoms. The Morgan fingerprint density at radius 2 is 1.69 bits per heavy atom. The van der Waals surface area contributed by atoms with Gasteiger partial charge in [-0.2, -0.15) is 0 Å². The van der Waals surface area contributed by atoms with Crippen LogP contribution < -0.4 is 0 Å². The van der Waals surface area contributed by atoms with Gasteiger partial charge < -0.3 is 0 Å². The molecule has 0 bridgehead atoms. The molecule has 0 amide bonds. The first kappa shape index (κ1) is 11.3. The van der Waals surface area contributed by atoms with Crippen molar-refractivity contribution < 1.29 is 0 Å². The van der Waals surface area contributed by atoms with Gasteiger partial charge in [-0.15, -0.1) is 0 Å². The highest BCUT2D eigenvalue weighted by Crippen LogP contribution is 2.25. The summed E-state index contributed by atoms with van der Waals surface area (Å²) in [6.07, 6.45) is 3.42. The Labute approximate surface area is 103 Å². The second-order valence-corrected chi connectivity index (χ2v) is 4.16. The topological polar surface area (TPSA) is 38.7 Å². The zero-order valence-electron chi connectivity index (χ0n) is 8.83. The summed E-state index contributed by atoms with van der Waals surface area (Å²) in [4.78, 5) is 12.4. The summed E-state index contributed by atoms with van der Waals surface area (Å²) in [5, 5.41) is 0.747. The van der Waals surface area contributed by atoms with E-state index < -0.39 is 0 Å². The quantitative estimate of drug-likeness (QED) is 0.731. The van der Waals surface area contributed by atoms with Crippen LogP contribution in [-0.4, -0.2) is 15.0 Å². The van der Waals surface area contributed by atoms with E-state index in [9.17, 15) is 0 Å². The first-order valence-corrected chi connectivity index (χ1v) is 5.46. The molecule has 82 valence electrons. The number of halogens is 2. The Hall–Kier alpha value is -1.19. The number of aromatic nitrogens is 3. The fourth-order valence-electron chi connectivity index (χ4n) is 1.28. The molecule has 2 rings (SSSR count). The van der Waals surface area contributed by atoms with Gasteiger partial charge in [0, 0.05) is 23.5 Å². The molecule has 0 saturated carbocycles. The van der Waals surface area contributed by atoms with E-state index in [4.69, 9.17) is 23.2 Å². The van der Waals surface area contributed by atoms with Crippen molar-refractivity contribution >= 4 is 23.2 Å². The summed E-state index contributed by atoms with van der Waals surface area (Å²) in [5.41, 5.74) is 2.56. The molecule has 3 nitrogen and oxygen atoms in total. The van der Waals surface area contributed by atoms with Crippen molar-refractivity contribution in [3.8, 4) is 11.4 Å². The monoisotopic (exact) mass is 253 g/mol. The van der Waals surface area contributed by atoms with Gasteiger partial charge in [-0.1, -0.05) is 23.2 Å². The standard InChI is InChI=1S/C11H9Cl2N3/c1-6-3-4-14-5-8(6)11-15-9(12)7(2)10(13)16-11/h3-5H,1-2H3. The highest BCUT2D eigenvalue weighted by molar-refractivity contribution is 6.34. The number of nitrogens with zero attached hydrogens (tertiary/aromatic N) is 3. The van der Waals surface area contributed by atoms with Gasteiger partial charge in [-0.3, -0.25) is 4.98 Å². The van der Waals surface area contributed by atoms with Gasteiger partial charge in [0.1, 0.15) is 10.3 Å². The Morgan fingerprint density at radius 3 is 2.25 bits per heavy atom. The maximum atomic E-state index is 5.97. The predicted molar refractivity (Wildman–Crippen MR) is 64.8 cm³/mol. The highest BCUT2D eigenvalue weighted by Gasteiger charge is 2.10. The van der Waals surface area contributed by atoms with Crippen molar-refractivity contribution in [1.29, 1.82) is 0 Å². The Bertz CT molecular complexity index is 517. The van der Waals surface area contributed by atoms with Gasteiger partial charge in [-0.05, 0) is 25.5 Å². The van der Waals surface area contributed by atoms with Crippen LogP contribution in [0.4, 0.5) is 0 Å². The number of aryl methyl sites for hydroxylation is 1. The van der Waals surface area contributed by atoms with E-state index in [1.807, 2.05) is 13.0 Å². The molecular weight excluding hydrogens is 245 g/mol. The molecule has 2 aromatic rings. The molecule has 0 aliphatic carbocycles. The Kier molecular flexibility index (Phi) is 3.08. The highest BCUT2D eigenvalue weighted by atomic mass is 35.5. The minimum Gasteiger partial charge on any atom is -0.264 e. The van der Waals surface area contributed by atoms with Crippen molar-refractivity contribution in [2.75, 3.05) is 0 Å². The maximum Gasteiger partial charge on any atom is 0.164 e. The number of pyridine rings is 1. The number of rotatable bonds is 1. The number of hydrogen-bond donors (Lipinski definition) is 0. The molecule has 16 heavy (non-hydrogen) atoms. The van der Waals surface area contributed by atoms with E-state index in [1.54, 1.807) is 19.3 Å². The SMILES string of the molecule is Cc1ccncc1-c1nc(Cl)c(C)c(Cl)n1. The van der Waals surface area contributed by atoms with Crippen LogP contribution in [-0.2, 0) is 0 Å². The van der Waals surface area contributed by atoms with Gasteiger partial charge in [0.2, 0.25) is 0 Å². The van der Waals surface area contributed by atoms with E-state index in [1.165, 1.54) is 0 Å². The first-order valence-electron chi connectivity index (χ1n) is 4.70. The molecule has 2 heterocycles. The van der Waals surface area contributed by atoms with Crippen molar-refractivity contribution in [1.82, 2.24) is 15.0 Å². The van der Waals surface area contributed by atoms with Gasteiger partial charge in [0.05, 0.1) is 0 Å². The third-order valence-electron chi connectivity index (χ3n) is 2.31. The van der Waals surface area contributed by atoms with Crippen LogP contribution in [0.3, 0.4) is 0 Å². The summed E-state index contributed by atoms with van der Waals surface area (Å²) in [5.74, 6) is 0.506. The van der Waals surface area contributed by atoms with Crippen molar-refractivity contribution in [3.63, 3.8) is 0 Å². The molecule has 0 aromatic carbocycles. The van der Waals surface area contributed by atoms with Crippen LogP contribution in [0.2, 0.25) is 10.3 Å². The molecule has 0 radical (unpaired) electrons. The third kappa shape index (κ3) is 2.01. The molecule has 0 N–H and O–H groups in total. The molecule has 0 aliphatic heterocycles. The minimum atomic E-state index is 0.373. The summed E-state index contributed by atoms with van der Waals surface area (Å²) in [6, 6.07) is 1.89. The van der Waals surface area contributed by atoms with E-state index in [2.05, 4.69) is 15.0 Å². The molecule has 0 spiro atoms. The molecule has 2 aromatic heterocycles. The molecule has 0 saturated heterocycles. The zero-order chi connectivity index (χ0) is 11.7. The normalized spacial score (nSPS) is 10.5. The summed E-state index contributed by atoms with van der Waals surface area (Å²) in [6.45, 7) is 3.74. The van der Waals surface area contributed by atoms with E-state index >= 15 is 0 Å². The Balaban J connectivity index is 2.62. The average Bonchev–Trinajstić information content (AvgIpc) is 2.26. The van der Waals surface area contributed by atoms with E-state index in [0.717, 1.165) is 11.1 Å². The fraction of sp³-hybridized carbons (Fsp3) is 0.182. The predicted octanol–water partition coefficient (Wildman–Crippen LogP) is 3.46. The van der Waals surface area contributed by atoms with Crippen molar-refractivity contribution in [2.24, 2.45) is 0 Å². The second kappa shape index (κ2) is 4.36. The zero-order valence-corrected chi connectivity index (χ0v) is 10.3. The molecule has 0 aliphatic rings. The third-order valence-corrected chi connectivity index (χ3v) is 3.04. The van der Waals surface area contributed by atoms with Gasteiger partial charge in [0.15, 0.2) is 5.82 Å². The van der Waals surface area contributed by atoms with Crippen molar-refractivity contribution in [3.05, 3.63) is 39.9 Å². The lowest BCUT2D eigenvalue weighted by molar-refractivity contribution is 1.12. The van der Waals surface area contributed by atoms with Crippen LogP contribution in [0, 0.1) is 13.8 Å². The van der Waals surface area contributed by atoms with Crippen LogP contribution in [0.5, 0.6) is 0 Å². The smallest absolute Gasteiger partial charge is 0.164 e. The average molecular weight is 254 g/mol. The van der Waals surface area contributed by atoms with Crippen molar-refractivity contribution in [2.45, 2.75) is 13.8 Å². The van der Waals surface area contributed by atoms with Crippen LogP contribution >= 0.6 is 23.2 Å². The summed E-state index contributed by atoms with van der Waals surface area (Å²) >= 11 is 11.9. The van der Waals surface area contributed by atoms with E-state index in [0.29, 0.717) is 21.7 Å². The lowest BCUT2D eigenvalue weighted by Gasteiger charge is -2.06. The number of hydrogen-bond acceptors (Lipinski definition) is 3. The first-order chi connectivity index (χ1) is 7.59. The fourth-order valence-corrected chi connectivity index (χ4v) is 1.67. The lowest BCUT2D eigenvalue weighted by Crippen LogP contribution is -1.96. The van der Waals surface area contributed by atoms with Crippen LogP contribution in [0.15, 0.2) is 18.5 Å². The lowest BCUT2D eigenvalue weighted by atomic mass is 10.1. The molecular formula is C11H9Cl2N3. The van der Waals surface area contributed by atoms with Crippen LogP contribution in [0.1, 0.15) is 11.1 Å². The summed E-state index contributed by atoms with van der Waals surface area (Å²) < 4.78 is 0. The second-order valence-electron chi connectivity index (χ2n) is 3.44.